The van der Waals surface area contributed by atoms with Crippen molar-refractivity contribution in [2.45, 2.75) is 6.54 Å². The number of rotatable bonds is 6. The van der Waals surface area contributed by atoms with Crippen molar-refractivity contribution in [2.24, 2.45) is 0 Å². The second kappa shape index (κ2) is 8.60. The highest BCUT2D eigenvalue weighted by molar-refractivity contribution is 7.91. The lowest BCUT2D eigenvalue weighted by Gasteiger charge is -2.26. The Balaban J connectivity index is 1.29. The number of hydrogen-bond acceptors (Lipinski definition) is 6. The van der Waals surface area contributed by atoms with Crippen LogP contribution in [0.1, 0.15) is 36.6 Å². The van der Waals surface area contributed by atoms with Crippen LogP contribution in [0.15, 0.2) is 48.5 Å². The number of sulfone groups is 1. The third kappa shape index (κ3) is 4.67. The highest BCUT2D eigenvalue weighted by Gasteiger charge is 2.34. The number of amides is 3. The van der Waals surface area contributed by atoms with E-state index in [-0.39, 0.29) is 35.8 Å². The van der Waals surface area contributed by atoms with E-state index in [9.17, 15) is 22.8 Å². The largest absolute Gasteiger partial charge is 0.351 e. The zero-order chi connectivity index (χ0) is 22.0. The van der Waals surface area contributed by atoms with Crippen LogP contribution in [0.5, 0.6) is 0 Å². The van der Waals surface area contributed by atoms with Crippen LogP contribution in [-0.2, 0) is 16.4 Å². The summed E-state index contributed by atoms with van der Waals surface area (Å²) in [6.45, 7) is 2.15. The monoisotopic (exact) mass is 441 g/mol. The summed E-state index contributed by atoms with van der Waals surface area (Å²) in [5, 5.41) is 2.84. The van der Waals surface area contributed by atoms with Gasteiger partial charge in [0, 0.05) is 31.7 Å². The molecule has 0 bridgehead atoms. The summed E-state index contributed by atoms with van der Waals surface area (Å²) < 4.78 is 22.9. The number of fused-ring (bicyclic) bond motifs is 1. The van der Waals surface area contributed by atoms with E-state index in [1.807, 2.05) is 4.90 Å². The lowest BCUT2D eigenvalue weighted by molar-refractivity contribution is 0.0641. The molecule has 4 rings (SSSR count). The molecule has 2 aromatic rings. The second-order valence-electron chi connectivity index (χ2n) is 7.69. The van der Waals surface area contributed by atoms with Crippen LogP contribution in [0.2, 0.25) is 0 Å². The lowest BCUT2D eigenvalue weighted by atomic mass is 10.1. The number of imide groups is 1. The highest BCUT2D eigenvalue weighted by Crippen LogP contribution is 2.24. The van der Waals surface area contributed by atoms with Crippen molar-refractivity contribution in [3.63, 3.8) is 0 Å². The first-order valence-corrected chi connectivity index (χ1v) is 11.9. The third-order valence-electron chi connectivity index (χ3n) is 5.59. The van der Waals surface area contributed by atoms with E-state index >= 15 is 0 Å². The van der Waals surface area contributed by atoms with Crippen molar-refractivity contribution in [1.82, 2.24) is 15.1 Å². The molecular formula is C22H23N3O5S. The molecule has 2 heterocycles. The van der Waals surface area contributed by atoms with E-state index in [2.05, 4.69) is 5.32 Å². The molecule has 0 saturated carbocycles. The Morgan fingerprint density at radius 2 is 1.48 bits per heavy atom. The molecule has 0 spiro atoms. The van der Waals surface area contributed by atoms with Gasteiger partial charge in [-0.15, -0.1) is 0 Å². The Bertz CT molecular complexity index is 1080. The number of carbonyl (C=O) groups is 3. The fourth-order valence-electron chi connectivity index (χ4n) is 3.73. The molecule has 2 aliphatic rings. The molecule has 0 unspecified atom stereocenters. The smallest absolute Gasteiger partial charge is 0.261 e. The van der Waals surface area contributed by atoms with Gasteiger partial charge in [0.15, 0.2) is 9.84 Å². The maximum absolute atomic E-state index is 12.5. The Morgan fingerprint density at radius 1 is 0.903 bits per heavy atom. The molecule has 2 aromatic carbocycles. The van der Waals surface area contributed by atoms with E-state index in [0.717, 1.165) is 5.56 Å². The van der Waals surface area contributed by atoms with Crippen molar-refractivity contribution in [1.29, 1.82) is 0 Å². The van der Waals surface area contributed by atoms with Gasteiger partial charge < -0.3 is 5.32 Å². The Morgan fingerprint density at radius 3 is 2.06 bits per heavy atom. The predicted octanol–water partition coefficient (Wildman–Crippen LogP) is 0.943. The minimum Gasteiger partial charge on any atom is -0.351 e. The van der Waals surface area contributed by atoms with Gasteiger partial charge >= 0.3 is 0 Å². The quantitative estimate of drug-likeness (QED) is 0.670. The first-order chi connectivity index (χ1) is 14.8. The molecule has 0 atom stereocenters. The number of benzene rings is 2. The summed E-state index contributed by atoms with van der Waals surface area (Å²) in [4.78, 5) is 40.5. The second-order valence-corrected chi connectivity index (χ2v) is 9.99. The SMILES string of the molecule is O=C(NCCN1CCS(=O)(=O)CC1)c1ccc(CN2C(=O)c3ccccc3C2=O)cc1. The molecule has 1 N–H and O–H groups in total. The lowest BCUT2D eigenvalue weighted by Crippen LogP contribution is -2.43. The van der Waals surface area contributed by atoms with Crippen LogP contribution in [0.25, 0.3) is 0 Å². The summed E-state index contributed by atoms with van der Waals surface area (Å²) in [7, 11) is -2.91. The molecule has 1 fully saturated rings. The number of nitrogens with one attached hydrogen (secondary N) is 1. The molecule has 3 amide bonds. The summed E-state index contributed by atoms with van der Waals surface area (Å²) >= 11 is 0. The summed E-state index contributed by atoms with van der Waals surface area (Å²) in [5.41, 5.74) is 2.05. The molecule has 0 aromatic heterocycles. The zero-order valence-corrected chi connectivity index (χ0v) is 17.7. The number of nitrogens with zero attached hydrogens (tertiary/aromatic N) is 2. The summed E-state index contributed by atoms with van der Waals surface area (Å²) in [6, 6.07) is 13.5. The van der Waals surface area contributed by atoms with Gasteiger partial charge in [-0.25, -0.2) is 8.42 Å². The maximum Gasteiger partial charge on any atom is 0.261 e. The first-order valence-electron chi connectivity index (χ1n) is 10.1. The first kappa shape index (κ1) is 21.2. The summed E-state index contributed by atoms with van der Waals surface area (Å²) in [6.07, 6.45) is 0. The van der Waals surface area contributed by atoms with Crippen LogP contribution in [0.3, 0.4) is 0 Å². The minimum absolute atomic E-state index is 0.145. The van der Waals surface area contributed by atoms with Gasteiger partial charge in [0.05, 0.1) is 29.2 Å². The average molecular weight is 442 g/mol. The maximum atomic E-state index is 12.5. The van der Waals surface area contributed by atoms with Gasteiger partial charge in [-0.05, 0) is 29.8 Å². The molecule has 1 saturated heterocycles. The molecule has 9 heteroatoms. The fraction of sp³-hybridized carbons (Fsp3) is 0.318. The molecule has 162 valence electrons. The topological polar surface area (TPSA) is 104 Å². The predicted molar refractivity (Wildman–Crippen MR) is 115 cm³/mol. The fourth-order valence-corrected chi connectivity index (χ4v) is 5.01. The van der Waals surface area contributed by atoms with Crippen LogP contribution >= 0.6 is 0 Å². The molecule has 2 aliphatic heterocycles. The van der Waals surface area contributed by atoms with E-state index < -0.39 is 9.84 Å². The van der Waals surface area contributed by atoms with Gasteiger partial charge in [0.2, 0.25) is 0 Å². The van der Waals surface area contributed by atoms with Crippen molar-refractivity contribution in [3.05, 3.63) is 70.8 Å². The summed E-state index contributed by atoms with van der Waals surface area (Å²) in [5.74, 6) is -0.525. The van der Waals surface area contributed by atoms with Gasteiger partial charge in [0.25, 0.3) is 17.7 Å². The van der Waals surface area contributed by atoms with Crippen LogP contribution in [0, 0.1) is 0 Å². The minimum atomic E-state index is -2.91. The van der Waals surface area contributed by atoms with Crippen LogP contribution in [-0.4, -0.2) is 73.6 Å². The highest BCUT2D eigenvalue weighted by atomic mass is 32.2. The van der Waals surface area contributed by atoms with Crippen molar-refractivity contribution in [3.8, 4) is 0 Å². The Hall–Kier alpha value is -3.04. The third-order valence-corrected chi connectivity index (χ3v) is 7.19. The number of carbonyl (C=O) groups excluding carboxylic acids is 3. The van der Waals surface area contributed by atoms with Gasteiger partial charge in [-0.1, -0.05) is 24.3 Å². The molecule has 0 radical (unpaired) electrons. The zero-order valence-electron chi connectivity index (χ0n) is 16.9. The molecule has 0 aliphatic carbocycles. The normalized spacial score (nSPS) is 18.1. The van der Waals surface area contributed by atoms with Gasteiger partial charge in [-0.2, -0.15) is 0 Å². The van der Waals surface area contributed by atoms with E-state index in [0.29, 0.717) is 42.9 Å². The molecular weight excluding hydrogens is 418 g/mol. The Kier molecular flexibility index (Phi) is 5.88. The van der Waals surface area contributed by atoms with Crippen molar-refractivity contribution in [2.75, 3.05) is 37.7 Å². The van der Waals surface area contributed by atoms with Crippen LogP contribution < -0.4 is 5.32 Å². The van der Waals surface area contributed by atoms with Gasteiger partial charge in [-0.3, -0.25) is 24.2 Å². The van der Waals surface area contributed by atoms with E-state index in [1.54, 1.807) is 48.5 Å². The van der Waals surface area contributed by atoms with E-state index in [4.69, 9.17) is 0 Å². The molecule has 31 heavy (non-hydrogen) atoms. The van der Waals surface area contributed by atoms with E-state index in [1.165, 1.54) is 4.90 Å². The molecule has 8 nitrogen and oxygen atoms in total. The Labute approximate surface area is 180 Å². The van der Waals surface area contributed by atoms with Crippen molar-refractivity contribution >= 4 is 27.6 Å². The standard InChI is InChI=1S/C22H23N3O5S/c26-20(23-9-10-24-11-13-31(29,30)14-12-24)17-7-5-16(6-8-17)15-25-21(27)18-3-1-2-4-19(18)22(25)28/h1-8H,9-15H2,(H,23,26). The van der Waals surface area contributed by atoms with Crippen molar-refractivity contribution < 1.29 is 22.8 Å². The number of hydrogen-bond donors (Lipinski definition) is 1. The van der Waals surface area contributed by atoms with Crippen LogP contribution in [0.4, 0.5) is 0 Å². The van der Waals surface area contributed by atoms with Gasteiger partial charge in [0.1, 0.15) is 0 Å². The average Bonchev–Trinajstić information content (AvgIpc) is 3.00.